The summed E-state index contributed by atoms with van der Waals surface area (Å²) in [5.74, 6) is -2.26. The van der Waals surface area contributed by atoms with Crippen LogP contribution in [0.25, 0.3) is 10.8 Å². The van der Waals surface area contributed by atoms with Crippen LogP contribution in [0.3, 0.4) is 0 Å². The zero-order valence-corrected chi connectivity index (χ0v) is 13.3. The maximum absolute atomic E-state index is 12.4. The van der Waals surface area contributed by atoms with E-state index < -0.39 is 30.5 Å². The van der Waals surface area contributed by atoms with Crippen LogP contribution in [-0.2, 0) is 14.3 Å². The van der Waals surface area contributed by atoms with Crippen LogP contribution >= 0.6 is 0 Å². The minimum Gasteiger partial charge on any atom is -0.480 e. The number of esters is 1. The highest BCUT2D eigenvalue weighted by Gasteiger charge is 2.23. The standard InChI is InChI=1S/C18H19NO5/c1-2-6-16(20)24-11-15(18(22)23)19-17(21)14-10-5-8-12-7-3-4-9-13(12)14/h3-5,7-10,15H,2,6,11H2,1H3,(H,19,21)(H,22,23)/t15-/m1/s1. The van der Waals surface area contributed by atoms with Gasteiger partial charge in [-0.15, -0.1) is 0 Å². The number of carbonyl (C=O) groups excluding carboxylic acids is 2. The summed E-state index contributed by atoms with van der Waals surface area (Å²) in [5.41, 5.74) is 0.374. The van der Waals surface area contributed by atoms with Crippen molar-refractivity contribution in [2.75, 3.05) is 6.61 Å². The van der Waals surface area contributed by atoms with Gasteiger partial charge in [-0.25, -0.2) is 4.79 Å². The Morgan fingerprint density at radius 2 is 1.83 bits per heavy atom. The summed E-state index contributed by atoms with van der Waals surface area (Å²) in [6, 6.07) is 11.3. The molecule has 6 heteroatoms. The first-order chi connectivity index (χ1) is 11.5. The molecule has 0 bridgehead atoms. The predicted octanol–water partition coefficient (Wildman–Crippen LogP) is 2.37. The second kappa shape index (κ2) is 8.10. The van der Waals surface area contributed by atoms with Gasteiger partial charge in [0.1, 0.15) is 6.61 Å². The van der Waals surface area contributed by atoms with Crippen molar-refractivity contribution in [2.24, 2.45) is 0 Å². The van der Waals surface area contributed by atoms with Gasteiger partial charge in [0.15, 0.2) is 6.04 Å². The molecule has 2 aromatic rings. The number of benzene rings is 2. The summed E-state index contributed by atoms with van der Waals surface area (Å²) in [7, 11) is 0. The number of nitrogens with one attached hydrogen (secondary N) is 1. The lowest BCUT2D eigenvalue weighted by Gasteiger charge is -2.15. The van der Waals surface area contributed by atoms with Gasteiger partial charge in [-0.3, -0.25) is 9.59 Å². The molecule has 2 aromatic carbocycles. The third-order valence-electron chi connectivity index (χ3n) is 3.50. The van der Waals surface area contributed by atoms with Crippen LogP contribution in [-0.4, -0.2) is 35.6 Å². The Hall–Kier alpha value is -2.89. The molecular formula is C18H19NO5. The molecule has 24 heavy (non-hydrogen) atoms. The van der Waals surface area contributed by atoms with E-state index in [1.54, 1.807) is 24.3 Å². The number of hydrogen-bond acceptors (Lipinski definition) is 4. The number of carboxylic acid groups (broad SMARTS) is 1. The highest BCUT2D eigenvalue weighted by Crippen LogP contribution is 2.18. The van der Waals surface area contributed by atoms with Gasteiger partial charge < -0.3 is 15.2 Å². The van der Waals surface area contributed by atoms with Gasteiger partial charge in [0, 0.05) is 12.0 Å². The third kappa shape index (κ3) is 4.32. The van der Waals surface area contributed by atoms with Crippen LogP contribution < -0.4 is 5.32 Å². The van der Waals surface area contributed by atoms with E-state index in [4.69, 9.17) is 4.74 Å². The summed E-state index contributed by atoms with van der Waals surface area (Å²) in [5, 5.41) is 13.2. The molecule has 1 amide bonds. The monoisotopic (exact) mass is 329 g/mol. The van der Waals surface area contributed by atoms with Crippen molar-refractivity contribution in [3.63, 3.8) is 0 Å². The van der Waals surface area contributed by atoms with Gasteiger partial charge in [0.2, 0.25) is 0 Å². The number of amides is 1. The van der Waals surface area contributed by atoms with E-state index in [-0.39, 0.29) is 6.42 Å². The lowest BCUT2D eigenvalue weighted by atomic mass is 10.0. The van der Waals surface area contributed by atoms with Crippen molar-refractivity contribution < 1.29 is 24.2 Å². The van der Waals surface area contributed by atoms with Crippen LogP contribution in [0.2, 0.25) is 0 Å². The predicted molar refractivity (Wildman–Crippen MR) is 88.7 cm³/mol. The summed E-state index contributed by atoms with van der Waals surface area (Å²) in [6.45, 7) is 1.42. The Morgan fingerprint density at radius 1 is 1.12 bits per heavy atom. The summed E-state index contributed by atoms with van der Waals surface area (Å²) < 4.78 is 4.90. The molecule has 2 rings (SSSR count). The van der Waals surface area contributed by atoms with Crippen molar-refractivity contribution in [1.82, 2.24) is 5.32 Å². The molecule has 6 nitrogen and oxygen atoms in total. The highest BCUT2D eigenvalue weighted by molar-refractivity contribution is 6.07. The maximum atomic E-state index is 12.4. The number of aliphatic carboxylic acids is 1. The lowest BCUT2D eigenvalue weighted by Crippen LogP contribution is -2.44. The van der Waals surface area contributed by atoms with Gasteiger partial charge in [-0.1, -0.05) is 43.3 Å². The van der Waals surface area contributed by atoms with Gasteiger partial charge in [0.05, 0.1) is 0 Å². The zero-order valence-electron chi connectivity index (χ0n) is 13.3. The zero-order chi connectivity index (χ0) is 17.5. The van der Waals surface area contributed by atoms with Crippen LogP contribution in [0.5, 0.6) is 0 Å². The Balaban J connectivity index is 2.12. The molecule has 0 heterocycles. The molecule has 0 radical (unpaired) electrons. The minimum absolute atomic E-state index is 0.212. The Labute approximate surface area is 139 Å². The molecule has 0 aliphatic rings. The van der Waals surface area contributed by atoms with E-state index in [1.165, 1.54) is 0 Å². The average molecular weight is 329 g/mol. The van der Waals surface area contributed by atoms with Crippen molar-refractivity contribution in [1.29, 1.82) is 0 Å². The van der Waals surface area contributed by atoms with E-state index >= 15 is 0 Å². The van der Waals surface area contributed by atoms with Crippen molar-refractivity contribution in [3.05, 3.63) is 48.0 Å². The van der Waals surface area contributed by atoms with E-state index in [1.807, 2.05) is 25.1 Å². The van der Waals surface area contributed by atoms with E-state index in [0.29, 0.717) is 12.0 Å². The second-order valence-corrected chi connectivity index (χ2v) is 5.32. The number of carboxylic acids is 1. The second-order valence-electron chi connectivity index (χ2n) is 5.32. The van der Waals surface area contributed by atoms with Crippen molar-refractivity contribution in [3.8, 4) is 0 Å². The molecule has 126 valence electrons. The molecule has 0 aliphatic heterocycles. The molecule has 1 atom stereocenters. The fraction of sp³-hybridized carbons (Fsp3) is 0.278. The first-order valence-electron chi connectivity index (χ1n) is 7.70. The molecule has 0 saturated heterocycles. The number of fused-ring (bicyclic) bond motifs is 1. The molecule has 0 aliphatic carbocycles. The minimum atomic E-state index is -1.29. The summed E-state index contributed by atoms with van der Waals surface area (Å²) >= 11 is 0. The molecule has 0 fully saturated rings. The first kappa shape index (κ1) is 17.5. The highest BCUT2D eigenvalue weighted by atomic mass is 16.5. The smallest absolute Gasteiger partial charge is 0.329 e. The third-order valence-corrected chi connectivity index (χ3v) is 3.50. The van der Waals surface area contributed by atoms with E-state index in [2.05, 4.69) is 5.32 Å². The quantitative estimate of drug-likeness (QED) is 0.761. The summed E-state index contributed by atoms with van der Waals surface area (Å²) in [6.07, 6.45) is 0.822. The van der Waals surface area contributed by atoms with E-state index in [9.17, 15) is 19.5 Å². The van der Waals surface area contributed by atoms with Crippen LogP contribution in [0.15, 0.2) is 42.5 Å². The Morgan fingerprint density at radius 3 is 2.54 bits per heavy atom. The normalized spacial score (nSPS) is 11.7. The van der Waals surface area contributed by atoms with Crippen LogP contribution in [0.4, 0.5) is 0 Å². The maximum Gasteiger partial charge on any atom is 0.329 e. The van der Waals surface area contributed by atoms with Crippen molar-refractivity contribution >= 4 is 28.6 Å². The van der Waals surface area contributed by atoms with Crippen LogP contribution in [0.1, 0.15) is 30.1 Å². The van der Waals surface area contributed by atoms with E-state index in [0.717, 1.165) is 10.8 Å². The molecule has 2 N–H and O–H groups in total. The molecule has 0 aromatic heterocycles. The SMILES string of the molecule is CCCC(=O)OC[C@@H](NC(=O)c1cccc2ccccc12)C(=O)O. The van der Waals surface area contributed by atoms with Crippen molar-refractivity contribution in [2.45, 2.75) is 25.8 Å². The van der Waals surface area contributed by atoms with Gasteiger partial charge >= 0.3 is 11.9 Å². The number of hydrogen-bond donors (Lipinski definition) is 2. The Bertz CT molecular complexity index is 751. The lowest BCUT2D eigenvalue weighted by molar-refractivity contribution is -0.148. The Kier molecular flexibility index (Phi) is 5.89. The van der Waals surface area contributed by atoms with Gasteiger partial charge in [-0.2, -0.15) is 0 Å². The summed E-state index contributed by atoms with van der Waals surface area (Å²) in [4.78, 5) is 35.1. The van der Waals surface area contributed by atoms with Crippen LogP contribution in [0, 0.1) is 0 Å². The average Bonchev–Trinajstić information content (AvgIpc) is 2.57. The molecular weight excluding hydrogens is 310 g/mol. The largest absolute Gasteiger partial charge is 0.480 e. The number of rotatable bonds is 7. The number of ether oxygens (including phenoxy) is 1. The number of carbonyl (C=O) groups is 3. The first-order valence-corrected chi connectivity index (χ1v) is 7.70. The fourth-order valence-electron chi connectivity index (χ4n) is 2.29. The molecule has 0 unspecified atom stereocenters. The van der Waals surface area contributed by atoms with Gasteiger partial charge in [-0.05, 0) is 23.3 Å². The molecule has 0 saturated carbocycles. The molecule has 0 spiro atoms. The fourth-order valence-corrected chi connectivity index (χ4v) is 2.29. The topological polar surface area (TPSA) is 92.7 Å². The van der Waals surface area contributed by atoms with Gasteiger partial charge in [0.25, 0.3) is 5.91 Å².